The van der Waals surface area contributed by atoms with Crippen LogP contribution in [0.4, 0.5) is 10.6 Å². The van der Waals surface area contributed by atoms with Crippen molar-refractivity contribution in [2.24, 2.45) is 0 Å². The smallest absolute Gasteiger partial charge is 0.320 e. The summed E-state index contributed by atoms with van der Waals surface area (Å²) in [4.78, 5) is 42.6. The van der Waals surface area contributed by atoms with Crippen molar-refractivity contribution < 1.29 is 4.79 Å². The van der Waals surface area contributed by atoms with E-state index in [1.165, 1.54) is 0 Å². The Morgan fingerprint density at radius 2 is 1.82 bits per heavy atom. The second-order valence-corrected chi connectivity index (χ2v) is 9.76. The number of aromatic amines is 1. The third-order valence-electron chi connectivity index (χ3n) is 6.55. The predicted molar refractivity (Wildman–Crippen MR) is 158 cm³/mol. The average Bonchev–Trinajstić information content (AvgIpc) is 2.98. The fourth-order valence-electron chi connectivity index (χ4n) is 4.54. The fourth-order valence-corrected chi connectivity index (χ4v) is 4.81. The van der Waals surface area contributed by atoms with Gasteiger partial charge in [-0.25, -0.2) is 14.8 Å². The number of urea groups is 1. The summed E-state index contributed by atoms with van der Waals surface area (Å²) < 4.78 is 0. The highest BCUT2D eigenvalue weighted by Crippen LogP contribution is 2.36. The summed E-state index contributed by atoms with van der Waals surface area (Å²) in [5.41, 5.74) is 5.46. The number of benzene rings is 2. The number of nitrogens with one attached hydrogen (secondary N) is 3. The Labute approximate surface area is 234 Å². The number of carbonyl (C=O) groups excluding carboxylic acids is 1. The zero-order valence-electron chi connectivity index (χ0n) is 21.4. The lowest BCUT2D eigenvalue weighted by Gasteiger charge is -2.13. The molecule has 0 bridgehead atoms. The van der Waals surface area contributed by atoms with E-state index < -0.39 is 6.03 Å². The molecular weight excluding hydrogens is 524 g/mol. The van der Waals surface area contributed by atoms with Crippen molar-refractivity contribution in [3.63, 3.8) is 0 Å². The van der Waals surface area contributed by atoms with Crippen molar-refractivity contribution in [1.82, 2.24) is 25.3 Å². The largest absolute Gasteiger partial charge is 0.346 e. The molecule has 0 saturated carbocycles. The van der Waals surface area contributed by atoms with Gasteiger partial charge < -0.3 is 10.3 Å². The highest BCUT2D eigenvalue weighted by molar-refractivity contribution is 6.35. The van der Waals surface area contributed by atoms with E-state index in [9.17, 15) is 9.59 Å². The second kappa shape index (κ2) is 10.6. The molecule has 6 rings (SSSR count). The molecule has 0 aliphatic heterocycles. The van der Waals surface area contributed by atoms with Crippen LogP contribution in [0.3, 0.4) is 0 Å². The number of fused-ring (bicyclic) bond motifs is 2. The van der Waals surface area contributed by atoms with Gasteiger partial charge in [0.1, 0.15) is 11.5 Å². The van der Waals surface area contributed by atoms with E-state index >= 15 is 0 Å². The molecule has 2 amide bonds. The third kappa shape index (κ3) is 5.00. The van der Waals surface area contributed by atoms with Gasteiger partial charge in [0.15, 0.2) is 5.43 Å². The van der Waals surface area contributed by atoms with Gasteiger partial charge in [0.05, 0.1) is 21.6 Å². The molecule has 4 aromatic heterocycles. The van der Waals surface area contributed by atoms with Crippen molar-refractivity contribution in [2.75, 3.05) is 5.32 Å². The maximum absolute atomic E-state index is 13.6. The summed E-state index contributed by atoms with van der Waals surface area (Å²) in [5, 5.41) is 7.18. The van der Waals surface area contributed by atoms with Crippen molar-refractivity contribution in [2.45, 2.75) is 13.5 Å². The van der Waals surface area contributed by atoms with Gasteiger partial charge in [0, 0.05) is 47.2 Å². The zero-order chi connectivity index (χ0) is 27.6. The molecule has 0 radical (unpaired) electrons. The number of aromatic nitrogens is 4. The van der Waals surface area contributed by atoms with Gasteiger partial charge >= 0.3 is 6.03 Å². The van der Waals surface area contributed by atoms with Crippen LogP contribution in [-0.4, -0.2) is 26.0 Å². The number of pyridine rings is 4. The lowest BCUT2D eigenvalue weighted by molar-refractivity contribution is 0.251. The molecule has 0 atom stereocenters. The van der Waals surface area contributed by atoms with Crippen LogP contribution in [0.25, 0.3) is 44.3 Å². The van der Waals surface area contributed by atoms with Crippen molar-refractivity contribution >= 4 is 45.4 Å². The first-order chi connectivity index (χ1) is 19.5. The molecule has 0 unspecified atom stereocenters. The average molecular weight is 547 g/mol. The monoisotopic (exact) mass is 546 g/mol. The van der Waals surface area contributed by atoms with Crippen LogP contribution in [0, 0.1) is 6.92 Å². The normalized spacial score (nSPS) is 11.1. The number of anilines is 1. The van der Waals surface area contributed by atoms with Crippen LogP contribution in [0.2, 0.25) is 5.02 Å². The molecule has 0 aliphatic rings. The first-order valence-electron chi connectivity index (χ1n) is 12.6. The van der Waals surface area contributed by atoms with Crippen LogP contribution in [0.5, 0.6) is 0 Å². The van der Waals surface area contributed by atoms with Crippen LogP contribution in [0.1, 0.15) is 11.1 Å². The topological polar surface area (TPSA) is 113 Å². The van der Waals surface area contributed by atoms with Crippen molar-refractivity contribution in [1.29, 1.82) is 0 Å². The number of amides is 2. The summed E-state index contributed by atoms with van der Waals surface area (Å²) in [7, 11) is 0. The van der Waals surface area contributed by atoms with Gasteiger partial charge in [-0.2, -0.15) is 0 Å². The Morgan fingerprint density at radius 3 is 2.62 bits per heavy atom. The molecule has 9 heteroatoms. The molecule has 40 heavy (non-hydrogen) atoms. The minimum absolute atomic E-state index is 0.0200. The fraction of sp³-hybridized carbons (Fsp3) is 0.0645. The Kier molecular flexibility index (Phi) is 6.67. The molecule has 196 valence electrons. The maximum Gasteiger partial charge on any atom is 0.320 e. The van der Waals surface area contributed by atoms with Crippen LogP contribution in [-0.2, 0) is 6.54 Å². The Bertz CT molecular complexity index is 1940. The molecule has 4 heterocycles. The molecule has 6 aromatic rings. The van der Waals surface area contributed by atoms with Crippen molar-refractivity contribution in [3.05, 3.63) is 118 Å². The summed E-state index contributed by atoms with van der Waals surface area (Å²) in [6.07, 6.45) is 4.94. The van der Waals surface area contributed by atoms with Crippen molar-refractivity contribution in [3.8, 4) is 22.4 Å². The number of nitrogens with zero attached hydrogens (tertiary/aromatic N) is 3. The first-order valence-corrected chi connectivity index (χ1v) is 13.0. The summed E-state index contributed by atoms with van der Waals surface area (Å²) in [6, 6.07) is 22.3. The van der Waals surface area contributed by atoms with Gasteiger partial charge in [-0.05, 0) is 48.4 Å². The van der Waals surface area contributed by atoms with E-state index in [0.717, 1.165) is 27.6 Å². The Hall–Kier alpha value is -5.08. The van der Waals surface area contributed by atoms with E-state index in [0.29, 0.717) is 38.6 Å². The first kappa shape index (κ1) is 25.2. The standard InChI is InChI=1S/C31H23ClN6O2/c1-18-9-10-26(34-15-18)37-31(40)36-17-22-16-35-30-24(29(22)39)14-23(27(38-30)19-6-3-2-4-7-19)21-12-20-8-5-11-33-28(20)25(32)13-21/h2-16H,17H2,1H3,(H,35,38,39)(H2,34,36,37,40). The minimum Gasteiger partial charge on any atom is -0.346 e. The molecule has 3 N–H and O–H groups in total. The molecule has 8 nitrogen and oxygen atoms in total. The van der Waals surface area contributed by atoms with E-state index in [-0.39, 0.29) is 12.0 Å². The zero-order valence-corrected chi connectivity index (χ0v) is 22.2. The number of halogens is 1. The molecule has 0 aliphatic carbocycles. The maximum atomic E-state index is 13.6. The van der Waals surface area contributed by atoms with Gasteiger partial charge in [-0.15, -0.1) is 0 Å². The molecule has 0 saturated heterocycles. The minimum atomic E-state index is -0.464. The molecular formula is C31H23ClN6O2. The van der Waals surface area contributed by atoms with Crippen LogP contribution in [0.15, 0.2) is 96.2 Å². The lowest BCUT2D eigenvalue weighted by atomic mass is 9.96. The van der Waals surface area contributed by atoms with Crippen LogP contribution >= 0.6 is 11.6 Å². The predicted octanol–water partition coefficient (Wildman–Crippen LogP) is 6.48. The molecule has 2 aromatic carbocycles. The third-order valence-corrected chi connectivity index (χ3v) is 6.84. The number of carbonyl (C=O) groups is 1. The number of rotatable bonds is 5. The number of hydrogen-bond donors (Lipinski definition) is 3. The number of H-pyrrole nitrogens is 1. The van der Waals surface area contributed by atoms with Gasteiger partial charge in [0.25, 0.3) is 0 Å². The van der Waals surface area contributed by atoms with E-state index in [1.807, 2.05) is 73.7 Å². The lowest BCUT2D eigenvalue weighted by Crippen LogP contribution is -2.30. The van der Waals surface area contributed by atoms with Gasteiger partial charge in [0.2, 0.25) is 0 Å². The Morgan fingerprint density at radius 1 is 0.975 bits per heavy atom. The summed E-state index contributed by atoms with van der Waals surface area (Å²) in [5.74, 6) is 0.419. The quantitative estimate of drug-likeness (QED) is 0.229. The SMILES string of the molecule is Cc1ccc(NC(=O)NCc2c[nH]c3nc(-c4ccccc4)c(-c4cc(Cl)c5ncccc5c4)cc3c2=O)nc1. The highest BCUT2D eigenvalue weighted by Gasteiger charge is 2.17. The highest BCUT2D eigenvalue weighted by atomic mass is 35.5. The Balaban J connectivity index is 1.40. The van der Waals surface area contributed by atoms with Gasteiger partial charge in [-0.3, -0.25) is 15.1 Å². The van der Waals surface area contributed by atoms with Crippen LogP contribution < -0.4 is 16.1 Å². The summed E-state index contributed by atoms with van der Waals surface area (Å²) >= 11 is 6.62. The molecule has 0 fully saturated rings. The van der Waals surface area contributed by atoms with E-state index in [1.54, 1.807) is 24.7 Å². The second-order valence-electron chi connectivity index (χ2n) is 9.35. The summed E-state index contributed by atoms with van der Waals surface area (Å²) in [6.45, 7) is 1.93. The molecule has 0 spiro atoms. The number of hydrogen-bond acceptors (Lipinski definition) is 5. The van der Waals surface area contributed by atoms with E-state index in [4.69, 9.17) is 16.6 Å². The number of aryl methyl sites for hydroxylation is 1. The van der Waals surface area contributed by atoms with E-state index in [2.05, 4.69) is 25.6 Å². The van der Waals surface area contributed by atoms with Gasteiger partial charge in [-0.1, -0.05) is 54.1 Å².